The van der Waals surface area contributed by atoms with Crippen molar-refractivity contribution in [1.29, 1.82) is 0 Å². The van der Waals surface area contributed by atoms with Crippen molar-refractivity contribution in [2.24, 2.45) is 5.73 Å². The highest BCUT2D eigenvalue weighted by molar-refractivity contribution is 7.12. The summed E-state index contributed by atoms with van der Waals surface area (Å²) in [5.74, 6) is 2.21. The molecule has 0 amide bonds. The standard InChI is InChI=1S/C14H15NO3S/c1-9-2-5-14(19-9)13(7-15)18-10-3-4-11-12(6-10)17-8-16-11/h2-6,13H,7-8,15H2,1H3. The fourth-order valence-corrected chi connectivity index (χ4v) is 2.88. The average Bonchev–Trinajstić information content (AvgIpc) is 3.04. The Labute approximate surface area is 115 Å². The molecular weight excluding hydrogens is 262 g/mol. The first kappa shape index (κ1) is 12.3. The summed E-state index contributed by atoms with van der Waals surface area (Å²) in [6, 6.07) is 9.70. The van der Waals surface area contributed by atoms with Gasteiger partial charge in [0.25, 0.3) is 0 Å². The van der Waals surface area contributed by atoms with Crippen molar-refractivity contribution in [3.63, 3.8) is 0 Å². The molecule has 0 fully saturated rings. The highest BCUT2D eigenvalue weighted by Gasteiger charge is 2.17. The predicted octanol–water partition coefficient (Wildman–Crippen LogP) is 2.86. The molecule has 5 heteroatoms. The minimum atomic E-state index is -0.126. The Morgan fingerprint density at radius 1 is 1.26 bits per heavy atom. The first-order valence-electron chi connectivity index (χ1n) is 6.09. The molecule has 4 nitrogen and oxygen atoms in total. The van der Waals surface area contributed by atoms with Crippen LogP contribution < -0.4 is 19.9 Å². The molecule has 2 aromatic rings. The molecule has 100 valence electrons. The Balaban J connectivity index is 1.79. The van der Waals surface area contributed by atoms with Crippen molar-refractivity contribution in [3.8, 4) is 17.2 Å². The fourth-order valence-electron chi connectivity index (χ4n) is 1.96. The van der Waals surface area contributed by atoms with Crippen molar-refractivity contribution in [3.05, 3.63) is 40.1 Å². The van der Waals surface area contributed by atoms with Crippen molar-refractivity contribution in [2.75, 3.05) is 13.3 Å². The molecular formula is C14H15NO3S. The molecule has 0 saturated heterocycles. The topological polar surface area (TPSA) is 53.7 Å². The quantitative estimate of drug-likeness (QED) is 0.933. The van der Waals surface area contributed by atoms with Crippen LogP contribution in [0, 0.1) is 6.92 Å². The zero-order valence-corrected chi connectivity index (χ0v) is 11.4. The van der Waals surface area contributed by atoms with E-state index in [9.17, 15) is 0 Å². The lowest BCUT2D eigenvalue weighted by atomic mass is 10.2. The highest BCUT2D eigenvalue weighted by atomic mass is 32.1. The molecule has 1 atom stereocenters. The summed E-state index contributed by atoms with van der Waals surface area (Å²) < 4.78 is 16.5. The Morgan fingerprint density at radius 2 is 2.11 bits per heavy atom. The van der Waals surface area contributed by atoms with E-state index in [1.807, 2.05) is 18.2 Å². The average molecular weight is 277 g/mol. The molecule has 1 aliphatic rings. The van der Waals surface area contributed by atoms with Gasteiger partial charge in [-0.1, -0.05) is 0 Å². The summed E-state index contributed by atoms with van der Waals surface area (Å²) in [5.41, 5.74) is 5.80. The van der Waals surface area contributed by atoms with Gasteiger partial charge in [-0.2, -0.15) is 0 Å². The largest absolute Gasteiger partial charge is 0.483 e. The molecule has 1 aromatic heterocycles. The number of nitrogens with two attached hydrogens (primary N) is 1. The lowest BCUT2D eigenvalue weighted by Gasteiger charge is -2.16. The van der Waals surface area contributed by atoms with Gasteiger partial charge < -0.3 is 19.9 Å². The number of benzene rings is 1. The molecule has 2 heterocycles. The molecule has 0 spiro atoms. The maximum absolute atomic E-state index is 5.94. The Morgan fingerprint density at radius 3 is 2.84 bits per heavy atom. The Hall–Kier alpha value is -1.72. The molecule has 0 bridgehead atoms. The molecule has 3 rings (SSSR count). The summed E-state index contributed by atoms with van der Waals surface area (Å²) >= 11 is 1.70. The molecule has 1 aromatic carbocycles. The van der Waals surface area contributed by atoms with Crippen molar-refractivity contribution < 1.29 is 14.2 Å². The van der Waals surface area contributed by atoms with Crippen molar-refractivity contribution in [1.82, 2.24) is 0 Å². The van der Waals surface area contributed by atoms with Crippen LogP contribution in [0.2, 0.25) is 0 Å². The molecule has 19 heavy (non-hydrogen) atoms. The van der Waals surface area contributed by atoms with Crippen LogP contribution in [0.25, 0.3) is 0 Å². The molecule has 0 aliphatic carbocycles. The minimum absolute atomic E-state index is 0.126. The van der Waals surface area contributed by atoms with Gasteiger partial charge in [0.2, 0.25) is 6.79 Å². The molecule has 1 unspecified atom stereocenters. The summed E-state index contributed by atoms with van der Waals surface area (Å²) in [5, 5.41) is 0. The van der Waals surface area contributed by atoms with E-state index in [1.165, 1.54) is 4.88 Å². The minimum Gasteiger partial charge on any atom is -0.483 e. The lowest BCUT2D eigenvalue weighted by Crippen LogP contribution is -2.17. The summed E-state index contributed by atoms with van der Waals surface area (Å²) in [7, 11) is 0. The van der Waals surface area contributed by atoms with E-state index in [0.29, 0.717) is 6.54 Å². The van der Waals surface area contributed by atoms with E-state index >= 15 is 0 Å². The first-order valence-corrected chi connectivity index (χ1v) is 6.90. The van der Waals surface area contributed by atoms with E-state index in [-0.39, 0.29) is 12.9 Å². The van der Waals surface area contributed by atoms with Crippen LogP contribution in [0.3, 0.4) is 0 Å². The maximum atomic E-state index is 5.94. The maximum Gasteiger partial charge on any atom is 0.231 e. The zero-order valence-electron chi connectivity index (χ0n) is 10.6. The van der Waals surface area contributed by atoms with Gasteiger partial charge in [-0.25, -0.2) is 0 Å². The van der Waals surface area contributed by atoms with Crippen LogP contribution in [-0.2, 0) is 0 Å². The van der Waals surface area contributed by atoms with Gasteiger partial charge in [0.05, 0.1) is 0 Å². The molecule has 1 aliphatic heterocycles. The number of hydrogen-bond acceptors (Lipinski definition) is 5. The Bertz CT molecular complexity index is 582. The number of hydrogen-bond donors (Lipinski definition) is 1. The van der Waals surface area contributed by atoms with E-state index in [1.54, 1.807) is 11.3 Å². The van der Waals surface area contributed by atoms with Gasteiger partial charge >= 0.3 is 0 Å². The van der Waals surface area contributed by atoms with E-state index < -0.39 is 0 Å². The monoisotopic (exact) mass is 277 g/mol. The zero-order chi connectivity index (χ0) is 13.2. The first-order chi connectivity index (χ1) is 9.26. The van der Waals surface area contributed by atoms with Gasteiger partial charge in [-0.3, -0.25) is 0 Å². The Kier molecular flexibility index (Phi) is 3.31. The van der Waals surface area contributed by atoms with E-state index in [2.05, 4.69) is 19.1 Å². The number of ether oxygens (including phenoxy) is 3. The number of rotatable bonds is 4. The van der Waals surface area contributed by atoms with E-state index in [4.69, 9.17) is 19.9 Å². The van der Waals surface area contributed by atoms with Gasteiger partial charge in [-0.15, -0.1) is 11.3 Å². The molecule has 2 N–H and O–H groups in total. The number of aryl methyl sites for hydroxylation is 1. The predicted molar refractivity (Wildman–Crippen MR) is 74.0 cm³/mol. The third-order valence-corrected chi connectivity index (χ3v) is 4.01. The van der Waals surface area contributed by atoms with Crippen LogP contribution >= 0.6 is 11.3 Å². The smallest absolute Gasteiger partial charge is 0.231 e. The third-order valence-electron chi connectivity index (χ3n) is 2.91. The van der Waals surface area contributed by atoms with Crippen LogP contribution in [0.15, 0.2) is 30.3 Å². The van der Waals surface area contributed by atoms with Crippen LogP contribution in [-0.4, -0.2) is 13.3 Å². The van der Waals surface area contributed by atoms with Crippen LogP contribution in [0.4, 0.5) is 0 Å². The second kappa shape index (κ2) is 5.11. The van der Waals surface area contributed by atoms with Gasteiger partial charge in [-0.05, 0) is 31.2 Å². The van der Waals surface area contributed by atoms with Gasteiger partial charge in [0.15, 0.2) is 11.5 Å². The van der Waals surface area contributed by atoms with Crippen molar-refractivity contribution in [2.45, 2.75) is 13.0 Å². The normalized spacial score (nSPS) is 14.4. The molecule has 0 radical (unpaired) electrons. The number of thiophene rings is 1. The molecule has 0 saturated carbocycles. The summed E-state index contributed by atoms with van der Waals surface area (Å²) in [4.78, 5) is 2.39. The summed E-state index contributed by atoms with van der Waals surface area (Å²) in [6.07, 6.45) is -0.126. The van der Waals surface area contributed by atoms with Crippen LogP contribution in [0.5, 0.6) is 17.2 Å². The van der Waals surface area contributed by atoms with Crippen LogP contribution in [0.1, 0.15) is 15.9 Å². The highest BCUT2D eigenvalue weighted by Crippen LogP contribution is 2.36. The van der Waals surface area contributed by atoms with Gasteiger partial charge in [0, 0.05) is 22.4 Å². The third kappa shape index (κ3) is 2.52. The van der Waals surface area contributed by atoms with E-state index in [0.717, 1.165) is 22.1 Å². The van der Waals surface area contributed by atoms with Gasteiger partial charge in [0.1, 0.15) is 11.9 Å². The fraction of sp³-hybridized carbons (Fsp3) is 0.286. The second-order valence-corrected chi connectivity index (χ2v) is 5.63. The lowest BCUT2D eigenvalue weighted by molar-refractivity contribution is 0.173. The van der Waals surface area contributed by atoms with Crippen molar-refractivity contribution >= 4 is 11.3 Å². The number of fused-ring (bicyclic) bond motifs is 1. The SMILES string of the molecule is Cc1ccc(C(CN)Oc2ccc3c(c2)OCO3)s1. The second-order valence-electron chi connectivity index (χ2n) is 4.31. The summed E-state index contributed by atoms with van der Waals surface area (Å²) in [6.45, 7) is 2.78.